The molecular formula is C34H71NO2. The molecule has 0 saturated carbocycles. The molecule has 0 bridgehead atoms. The number of carbonyl (C=O) groups is 1. The summed E-state index contributed by atoms with van der Waals surface area (Å²) >= 11 is 0. The summed E-state index contributed by atoms with van der Waals surface area (Å²) in [6.07, 6.45) is 34.6. The van der Waals surface area contributed by atoms with Crippen LogP contribution in [0.3, 0.4) is 0 Å². The third-order valence-corrected chi connectivity index (χ3v) is 7.72. The molecular weight excluding hydrogens is 454 g/mol. The fourth-order valence-corrected chi connectivity index (χ4v) is 5.01. The molecule has 0 unspecified atom stereocenters. The highest BCUT2D eigenvalue weighted by Gasteiger charge is 1.99. The topological polar surface area (TPSA) is 40.5 Å². The minimum absolute atomic E-state index is 0.345. The van der Waals surface area contributed by atoms with Crippen molar-refractivity contribution < 1.29 is 9.90 Å². The molecule has 0 rings (SSSR count). The number of rotatable bonds is 29. The largest absolute Gasteiger partial charge is 0.481 e. The van der Waals surface area contributed by atoms with Crippen LogP contribution in [0, 0.1) is 0 Å². The first-order valence-corrected chi connectivity index (χ1v) is 17.1. The van der Waals surface area contributed by atoms with Gasteiger partial charge in [-0.05, 0) is 32.5 Å². The second-order valence-electron chi connectivity index (χ2n) is 11.3. The summed E-state index contributed by atoms with van der Waals surface area (Å²) in [6, 6.07) is 0. The second-order valence-corrected chi connectivity index (χ2v) is 11.3. The maximum absolute atomic E-state index is 10.3. The molecule has 0 saturated heterocycles. The summed E-state index contributed by atoms with van der Waals surface area (Å²) < 4.78 is 0. The van der Waals surface area contributed by atoms with Gasteiger partial charge < -0.3 is 10.0 Å². The maximum atomic E-state index is 10.3. The van der Waals surface area contributed by atoms with E-state index in [0.717, 1.165) is 12.8 Å². The van der Waals surface area contributed by atoms with Gasteiger partial charge >= 0.3 is 5.97 Å². The van der Waals surface area contributed by atoms with E-state index in [4.69, 9.17) is 5.11 Å². The third-order valence-electron chi connectivity index (χ3n) is 7.72. The van der Waals surface area contributed by atoms with Crippen molar-refractivity contribution >= 4 is 5.97 Å². The summed E-state index contributed by atoms with van der Waals surface area (Å²) in [4.78, 5) is 12.9. The highest BCUT2D eigenvalue weighted by atomic mass is 16.4. The maximum Gasteiger partial charge on any atom is 0.303 e. The average Bonchev–Trinajstić information content (AvgIpc) is 2.90. The lowest BCUT2D eigenvalue weighted by Gasteiger charge is -2.17. The van der Waals surface area contributed by atoms with Crippen molar-refractivity contribution in [2.75, 3.05) is 19.6 Å². The van der Waals surface area contributed by atoms with E-state index < -0.39 is 5.97 Å². The Hall–Kier alpha value is -0.570. The number of hydrogen-bond acceptors (Lipinski definition) is 2. The van der Waals surface area contributed by atoms with E-state index in [9.17, 15) is 4.79 Å². The Kier molecular flexibility index (Phi) is 36.9. The molecule has 0 aromatic rings. The van der Waals surface area contributed by atoms with Gasteiger partial charge in [-0.15, -0.1) is 0 Å². The van der Waals surface area contributed by atoms with Gasteiger partial charge in [0.15, 0.2) is 0 Å². The molecule has 0 aromatic heterocycles. The molecule has 3 nitrogen and oxygen atoms in total. The quantitative estimate of drug-likeness (QED) is 0.0987. The molecule has 1 N–H and O–H groups in total. The van der Waals surface area contributed by atoms with Crippen molar-refractivity contribution in [2.45, 2.75) is 195 Å². The number of nitrogens with zero attached hydrogens (tertiary/aromatic N) is 1. The predicted molar refractivity (Wildman–Crippen MR) is 167 cm³/mol. The Balaban J connectivity index is 0. The van der Waals surface area contributed by atoms with Crippen LogP contribution in [0.2, 0.25) is 0 Å². The monoisotopic (exact) mass is 526 g/mol. The van der Waals surface area contributed by atoms with Crippen LogP contribution in [-0.4, -0.2) is 35.6 Å². The number of carboxylic acids is 1. The van der Waals surface area contributed by atoms with Gasteiger partial charge in [-0.25, -0.2) is 0 Å². The van der Waals surface area contributed by atoms with E-state index in [1.807, 2.05) is 0 Å². The minimum Gasteiger partial charge on any atom is -0.481 e. The molecule has 0 spiro atoms. The molecule has 0 heterocycles. The number of carboxylic acid groups (broad SMARTS) is 1. The van der Waals surface area contributed by atoms with Crippen LogP contribution in [0.5, 0.6) is 0 Å². The first-order chi connectivity index (χ1) is 18.1. The van der Waals surface area contributed by atoms with E-state index in [2.05, 4.69) is 32.6 Å². The summed E-state index contributed by atoms with van der Waals surface area (Å²) in [5.41, 5.74) is 0. The fraction of sp³-hybridized carbons (Fsp3) is 0.971. The van der Waals surface area contributed by atoms with Gasteiger partial charge in [-0.2, -0.15) is 0 Å². The molecule has 37 heavy (non-hydrogen) atoms. The van der Waals surface area contributed by atoms with Crippen molar-refractivity contribution in [1.82, 2.24) is 4.90 Å². The Morgan fingerprint density at radius 3 is 0.973 bits per heavy atom. The average molecular weight is 526 g/mol. The van der Waals surface area contributed by atoms with E-state index in [1.165, 1.54) is 167 Å². The van der Waals surface area contributed by atoms with Crippen LogP contribution in [0.1, 0.15) is 195 Å². The van der Waals surface area contributed by atoms with Crippen LogP contribution in [0.25, 0.3) is 0 Å². The van der Waals surface area contributed by atoms with Crippen molar-refractivity contribution in [3.8, 4) is 0 Å². The SMILES string of the molecule is CCCCCCCCCCCCCCCCCC(=O)O.CCCCCCCCCCCCN(CC)CC. The number of aliphatic carboxylic acids is 1. The highest BCUT2D eigenvalue weighted by molar-refractivity contribution is 5.66. The van der Waals surface area contributed by atoms with E-state index in [1.54, 1.807) is 0 Å². The molecule has 0 fully saturated rings. The first-order valence-electron chi connectivity index (χ1n) is 17.1. The summed E-state index contributed by atoms with van der Waals surface area (Å²) in [5.74, 6) is -0.653. The molecule has 0 radical (unpaired) electrons. The molecule has 0 aliphatic heterocycles. The minimum atomic E-state index is -0.653. The van der Waals surface area contributed by atoms with Gasteiger partial charge in [0.25, 0.3) is 0 Å². The summed E-state index contributed by atoms with van der Waals surface area (Å²) in [6.45, 7) is 12.8. The lowest BCUT2D eigenvalue weighted by Crippen LogP contribution is -2.23. The van der Waals surface area contributed by atoms with Gasteiger partial charge in [0.2, 0.25) is 0 Å². The second kappa shape index (κ2) is 35.4. The zero-order chi connectivity index (χ0) is 27.7. The number of unbranched alkanes of at least 4 members (excludes halogenated alkanes) is 23. The normalized spacial score (nSPS) is 11.1. The Bertz CT molecular complexity index is 409. The van der Waals surface area contributed by atoms with Crippen LogP contribution >= 0.6 is 0 Å². The van der Waals surface area contributed by atoms with Crippen LogP contribution < -0.4 is 0 Å². The smallest absolute Gasteiger partial charge is 0.303 e. The zero-order valence-corrected chi connectivity index (χ0v) is 26.3. The molecule has 0 aliphatic carbocycles. The molecule has 0 aliphatic rings. The van der Waals surface area contributed by atoms with Crippen LogP contribution in [0.15, 0.2) is 0 Å². The van der Waals surface area contributed by atoms with E-state index in [0.29, 0.717) is 6.42 Å². The Morgan fingerprint density at radius 2 is 0.703 bits per heavy atom. The molecule has 0 amide bonds. The molecule has 3 heteroatoms. The summed E-state index contributed by atoms with van der Waals surface area (Å²) in [7, 11) is 0. The van der Waals surface area contributed by atoms with Crippen molar-refractivity contribution in [2.24, 2.45) is 0 Å². The fourth-order valence-electron chi connectivity index (χ4n) is 5.01. The predicted octanol–water partition coefficient (Wildman–Crippen LogP) is 11.6. The van der Waals surface area contributed by atoms with E-state index in [-0.39, 0.29) is 0 Å². The van der Waals surface area contributed by atoms with Crippen molar-refractivity contribution in [3.63, 3.8) is 0 Å². The van der Waals surface area contributed by atoms with Crippen LogP contribution in [0.4, 0.5) is 0 Å². The van der Waals surface area contributed by atoms with Gasteiger partial charge in [0.1, 0.15) is 0 Å². The van der Waals surface area contributed by atoms with Gasteiger partial charge in [0, 0.05) is 6.42 Å². The third kappa shape index (κ3) is 37.6. The van der Waals surface area contributed by atoms with E-state index >= 15 is 0 Å². The van der Waals surface area contributed by atoms with Crippen LogP contribution in [-0.2, 0) is 4.79 Å². The highest BCUT2D eigenvalue weighted by Crippen LogP contribution is 2.14. The molecule has 0 atom stereocenters. The molecule has 224 valence electrons. The van der Waals surface area contributed by atoms with Gasteiger partial charge in [-0.3, -0.25) is 4.79 Å². The van der Waals surface area contributed by atoms with Gasteiger partial charge in [0.05, 0.1) is 0 Å². The lowest BCUT2D eigenvalue weighted by atomic mass is 10.0. The van der Waals surface area contributed by atoms with Crippen molar-refractivity contribution in [1.29, 1.82) is 0 Å². The standard InChI is InChI=1S/C18H36O2.C16H35N/c1-2-3-4-5-6-7-8-9-10-11-12-13-14-15-16-17-18(19)20;1-4-7-8-9-10-11-12-13-14-15-16-17(5-2)6-3/h2-17H2,1H3,(H,19,20);4-16H2,1-3H3. The number of hydrogen-bond donors (Lipinski definition) is 1. The lowest BCUT2D eigenvalue weighted by molar-refractivity contribution is -0.137. The van der Waals surface area contributed by atoms with Gasteiger partial charge in [-0.1, -0.05) is 175 Å². The molecule has 0 aromatic carbocycles. The summed E-state index contributed by atoms with van der Waals surface area (Å²) in [5, 5.41) is 8.52. The van der Waals surface area contributed by atoms with Crippen molar-refractivity contribution in [3.05, 3.63) is 0 Å². The first kappa shape index (κ1) is 38.6. The Labute approximate surface area is 235 Å². The zero-order valence-electron chi connectivity index (χ0n) is 26.3. The Morgan fingerprint density at radius 1 is 0.432 bits per heavy atom.